The number of benzene rings is 1. The molecule has 0 aliphatic heterocycles. The first kappa shape index (κ1) is 17.7. The molecule has 0 saturated carbocycles. The van der Waals surface area contributed by atoms with Gasteiger partial charge in [-0.1, -0.05) is 54.5 Å². The van der Waals surface area contributed by atoms with Gasteiger partial charge in [0, 0.05) is 22.7 Å². The standard InChI is InChI=1S/C25H29N3/c1-23(2,3)19-11-8-15-17(26-19)12-13-28-21-18(27-22(15)28)10-9-16-20(21)25(6,7)14-24(16,4)5/h8-13H,14H2,1-7H3. The fourth-order valence-corrected chi connectivity index (χ4v) is 5.41. The Balaban J connectivity index is 1.88. The highest BCUT2D eigenvalue weighted by molar-refractivity contribution is 5.98. The van der Waals surface area contributed by atoms with Crippen molar-refractivity contribution in [2.75, 3.05) is 0 Å². The van der Waals surface area contributed by atoms with Gasteiger partial charge in [0.1, 0.15) is 5.65 Å². The topological polar surface area (TPSA) is 30.2 Å². The molecule has 3 nitrogen and oxygen atoms in total. The molecule has 1 aliphatic rings. The van der Waals surface area contributed by atoms with Crippen LogP contribution in [0.4, 0.5) is 0 Å². The predicted octanol–water partition coefficient (Wildman–Crippen LogP) is 6.29. The van der Waals surface area contributed by atoms with Crippen molar-refractivity contribution in [3.05, 3.63) is 53.3 Å². The fourth-order valence-electron chi connectivity index (χ4n) is 5.41. The minimum absolute atomic E-state index is 0.0386. The molecule has 0 radical (unpaired) electrons. The number of fused-ring (bicyclic) bond motifs is 7. The van der Waals surface area contributed by atoms with Crippen LogP contribution < -0.4 is 0 Å². The molecular weight excluding hydrogens is 342 g/mol. The summed E-state index contributed by atoms with van der Waals surface area (Å²) in [7, 11) is 0. The first-order valence-corrected chi connectivity index (χ1v) is 10.3. The molecule has 5 rings (SSSR count). The van der Waals surface area contributed by atoms with Gasteiger partial charge in [0.15, 0.2) is 0 Å². The van der Waals surface area contributed by atoms with Crippen molar-refractivity contribution < 1.29 is 0 Å². The Labute approximate surface area is 166 Å². The Morgan fingerprint density at radius 2 is 1.61 bits per heavy atom. The molecule has 0 bridgehead atoms. The smallest absolute Gasteiger partial charge is 0.147 e. The van der Waals surface area contributed by atoms with Gasteiger partial charge >= 0.3 is 0 Å². The van der Waals surface area contributed by atoms with Crippen LogP contribution in [-0.2, 0) is 16.2 Å². The predicted molar refractivity (Wildman–Crippen MR) is 117 cm³/mol. The average molecular weight is 372 g/mol. The van der Waals surface area contributed by atoms with E-state index in [1.54, 1.807) is 0 Å². The maximum absolute atomic E-state index is 5.05. The number of hydrogen-bond acceptors (Lipinski definition) is 2. The van der Waals surface area contributed by atoms with Crippen LogP contribution in [0.5, 0.6) is 0 Å². The zero-order chi connectivity index (χ0) is 20.1. The van der Waals surface area contributed by atoms with Crippen molar-refractivity contribution in [2.45, 2.75) is 71.1 Å². The molecule has 144 valence electrons. The molecule has 4 aromatic rings. The summed E-state index contributed by atoms with van der Waals surface area (Å²) in [5.41, 5.74) is 8.78. The van der Waals surface area contributed by atoms with Crippen LogP contribution in [-0.4, -0.2) is 14.4 Å². The molecule has 28 heavy (non-hydrogen) atoms. The van der Waals surface area contributed by atoms with Crippen LogP contribution in [0.15, 0.2) is 36.5 Å². The van der Waals surface area contributed by atoms with Gasteiger partial charge in [-0.25, -0.2) is 4.98 Å². The van der Waals surface area contributed by atoms with E-state index in [0.717, 1.165) is 34.2 Å². The van der Waals surface area contributed by atoms with E-state index >= 15 is 0 Å². The highest BCUT2D eigenvalue weighted by atomic mass is 15.0. The van der Waals surface area contributed by atoms with E-state index in [1.165, 1.54) is 16.6 Å². The lowest BCUT2D eigenvalue weighted by Gasteiger charge is -2.22. The third-order valence-electron chi connectivity index (χ3n) is 6.46. The summed E-state index contributed by atoms with van der Waals surface area (Å²) < 4.78 is 2.29. The van der Waals surface area contributed by atoms with Crippen molar-refractivity contribution in [3.8, 4) is 0 Å². The Morgan fingerprint density at radius 3 is 2.32 bits per heavy atom. The number of aromatic nitrogens is 3. The van der Waals surface area contributed by atoms with E-state index in [1.807, 2.05) is 0 Å². The second-order valence-corrected chi connectivity index (χ2v) is 10.8. The monoisotopic (exact) mass is 371 g/mol. The average Bonchev–Trinajstić information content (AvgIpc) is 3.05. The van der Waals surface area contributed by atoms with Crippen molar-refractivity contribution in [3.63, 3.8) is 0 Å². The molecule has 1 aromatic carbocycles. The molecule has 0 amide bonds. The van der Waals surface area contributed by atoms with Crippen LogP contribution in [0.1, 0.15) is 71.7 Å². The third-order valence-corrected chi connectivity index (χ3v) is 6.46. The van der Waals surface area contributed by atoms with E-state index < -0.39 is 0 Å². The molecule has 0 saturated heterocycles. The molecule has 0 unspecified atom stereocenters. The molecule has 0 spiro atoms. The van der Waals surface area contributed by atoms with Crippen molar-refractivity contribution in [1.82, 2.24) is 14.4 Å². The number of nitrogens with zero attached hydrogens (tertiary/aromatic N) is 3. The fraction of sp³-hybridized carbons (Fsp3) is 0.440. The molecule has 3 heterocycles. The van der Waals surface area contributed by atoms with Gasteiger partial charge in [0.25, 0.3) is 0 Å². The minimum Gasteiger partial charge on any atom is -0.299 e. The Morgan fingerprint density at radius 1 is 0.857 bits per heavy atom. The molecule has 0 N–H and O–H groups in total. The maximum Gasteiger partial charge on any atom is 0.147 e. The van der Waals surface area contributed by atoms with Gasteiger partial charge in [0.05, 0.1) is 16.6 Å². The lowest BCUT2D eigenvalue weighted by molar-refractivity contribution is 0.404. The van der Waals surface area contributed by atoms with Crippen LogP contribution >= 0.6 is 0 Å². The maximum atomic E-state index is 5.05. The number of rotatable bonds is 0. The summed E-state index contributed by atoms with van der Waals surface area (Å²) in [5, 5.41) is 1.12. The first-order chi connectivity index (χ1) is 13.0. The minimum atomic E-state index is 0.0386. The summed E-state index contributed by atoms with van der Waals surface area (Å²) in [6.07, 6.45) is 3.32. The molecular formula is C25H29N3. The molecule has 3 aromatic heterocycles. The molecule has 0 fully saturated rings. The largest absolute Gasteiger partial charge is 0.299 e. The van der Waals surface area contributed by atoms with Crippen molar-refractivity contribution in [2.24, 2.45) is 0 Å². The molecule has 0 atom stereocenters. The van der Waals surface area contributed by atoms with E-state index in [-0.39, 0.29) is 16.2 Å². The van der Waals surface area contributed by atoms with Gasteiger partial charge in [-0.3, -0.25) is 9.38 Å². The zero-order valence-electron chi connectivity index (χ0n) is 18.0. The SMILES string of the molecule is CC(C)(C)c1ccc2c(ccn3c2nc2ccc4c(c23)C(C)(C)CC4(C)C)n1. The summed E-state index contributed by atoms with van der Waals surface area (Å²) in [6.45, 7) is 16.1. The van der Waals surface area contributed by atoms with Gasteiger partial charge in [-0.15, -0.1) is 0 Å². The molecule has 1 aliphatic carbocycles. The van der Waals surface area contributed by atoms with E-state index in [2.05, 4.69) is 89.4 Å². The second kappa shape index (κ2) is 5.14. The van der Waals surface area contributed by atoms with Crippen LogP contribution in [0.25, 0.3) is 27.6 Å². The van der Waals surface area contributed by atoms with Crippen molar-refractivity contribution >= 4 is 27.6 Å². The summed E-state index contributed by atoms with van der Waals surface area (Å²) in [4.78, 5) is 9.99. The Kier molecular flexibility index (Phi) is 3.24. The quantitative estimate of drug-likeness (QED) is 0.363. The number of imidazole rings is 1. The number of hydrogen-bond donors (Lipinski definition) is 0. The van der Waals surface area contributed by atoms with Gasteiger partial charge < -0.3 is 0 Å². The van der Waals surface area contributed by atoms with Crippen molar-refractivity contribution in [1.29, 1.82) is 0 Å². The van der Waals surface area contributed by atoms with E-state index in [4.69, 9.17) is 9.97 Å². The normalized spacial score (nSPS) is 18.2. The highest BCUT2D eigenvalue weighted by Gasteiger charge is 2.43. The van der Waals surface area contributed by atoms with E-state index in [9.17, 15) is 0 Å². The van der Waals surface area contributed by atoms with Gasteiger partial charge in [-0.2, -0.15) is 0 Å². The highest BCUT2D eigenvalue weighted by Crippen LogP contribution is 2.51. The van der Waals surface area contributed by atoms with Gasteiger partial charge in [-0.05, 0) is 52.6 Å². The summed E-state index contributed by atoms with van der Waals surface area (Å²) in [5.74, 6) is 0. The van der Waals surface area contributed by atoms with Crippen LogP contribution in [0.2, 0.25) is 0 Å². The van der Waals surface area contributed by atoms with Gasteiger partial charge in [0.2, 0.25) is 0 Å². The van der Waals surface area contributed by atoms with Crippen LogP contribution in [0, 0.1) is 0 Å². The Bertz CT molecular complexity index is 1270. The van der Waals surface area contributed by atoms with E-state index in [0.29, 0.717) is 0 Å². The Hall–Kier alpha value is -2.42. The lowest BCUT2D eigenvalue weighted by atomic mass is 9.82. The number of pyridine rings is 2. The lowest BCUT2D eigenvalue weighted by Crippen LogP contribution is -2.18. The zero-order valence-corrected chi connectivity index (χ0v) is 18.0. The summed E-state index contributed by atoms with van der Waals surface area (Å²) >= 11 is 0. The second-order valence-electron chi connectivity index (χ2n) is 10.8. The molecule has 3 heteroatoms. The van der Waals surface area contributed by atoms with Crippen LogP contribution in [0.3, 0.4) is 0 Å². The summed E-state index contributed by atoms with van der Waals surface area (Å²) in [6, 6.07) is 11.0. The third kappa shape index (κ3) is 2.28. The first-order valence-electron chi connectivity index (χ1n) is 10.3.